The Bertz CT molecular complexity index is 600. The SMILES string of the molecule is Oc1c(I)cc(I)cc1C=NCCNc1ccccc1. The molecule has 2 aromatic carbocycles. The Balaban J connectivity index is 1.88. The molecule has 0 aliphatic carbocycles. The Labute approximate surface area is 145 Å². The van der Waals surface area contributed by atoms with E-state index in [2.05, 4.69) is 55.5 Å². The second kappa shape index (κ2) is 7.82. The third-order valence-corrected chi connectivity index (χ3v) is 4.08. The summed E-state index contributed by atoms with van der Waals surface area (Å²) in [5.74, 6) is 0.297. The number of para-hydroxylation sites is 1. The molecule has 0 atom stereocenters. The molecule has 2 rings (SSSR count). The molecule has 0 aliphatic rings. The van der Waals surface area contributed by atoms with Crippen molar-refractivity contribution in [3.05, 3.63) is 55.2 Å². The second-order valence-corrected chi connectivity index (χ2v) is 6.56. The largest absolute Gasteiger partial charge is 0.506 e. The van der Waals surface area contributed by atoms with Crippen LogP contribution in [0.2, 0.25) is 0 Å². The monoisotopic (exact) mass is 492 g/mol. The van der Waals surface area contributed by atoms with Crippen molar-refractivity contribution in [1.29, 1.82) is 0 Å². The highest BCUT2D eigenvalue weighted by Crippen LogP contribution is 2.25. The van der Waals surface area contributed by atoms with Crippen molar-refractivity contribution in [3.63, 3.8) is 0 Å². The molecule has 5 heteroatoms. The molecule has 20 heavy (non-hydrogen) atoms. The number of phenolic OH excluding ortho intramolecular Hbond substituents is 1. The highest BCUT2D eigenvalue weighted by Gasteiger charge is 2.04. The van der Waals surface area contributed by atoms with Crippen LogP contribution in [-0.2, 0) is 0 Å². The van der Waals surface area contributed by atoms with Gasteiger partial charge in [0.25, 0.3) is 0 Å². The van der Waals surface area contributed by atoms with Crippen molar-refractivity contribution in [2.24, 2.45) is 4.99 Å². The molecule has 2 N–H and O–H groups in total. The van der Waals surface area contributed by atoms with E-state index in [4.69, 9.17) is 0 Å². The summed E-state index contributed by atoms with van der Waals surface area (Å²) < 4.78 is 1.94. The van der Waals surface area contributed by atoms with E-state index in [0.29, 0.717) is 12.3 Å². The van der Waals surface area contributed by atoms with Crippen LogP contribution in [0.3, 0.4) is 0 Å². The van der Waals surface area contributed by atoms with Crippen LogP contribution >= 0.6 is 45.2 Å². The maximum absolute atomic E-state index is 9.94. The number of aromatic hydroxyl groups is 1. The molecular formula is C15H14I2N2O. The topological polar surface area (TPSA) is 44.6 Å². The number of hydrogen-bond donors (Lipinski definition) is 2. The first-order valence-corrected chi connectivity index (χ1v) is 8.29. The smallest absolute Gasteiger partial charge is 0.137 e. The van der Waals surface area contributed by atoms with Crippen LogP contribution in [0.5, 0.6) is 5.75 Å². The van der Waals surface area contributed by atoms with Crippen molar-refractivity contribution in [1.82, 2.24) is 0 Å². The van der Waals surface area contributed by atoms with Gasteiger partial charge in [0.2, 0.25) is 0 Å². The minimum Gasteiger partial charge on any atom is -0.506 e. The first-order chi connectivity index (χ1) is 9.66. The number of halogens is 2. The van der Waals surface area contributed by atoms with Crippen LogP contribution in [0.4, 0.5) is 5.69 Å². The molecule has 0 bridgehead atoms. The number of benzene rings is 2. The molecule has 0 aliphatic heterocycles. The van der Waals surface area contributed by atoms with E-state index in [9.17, 15) is 5.11 Å². The van der Waals surface area contributed by atoms with Gasteiger partial charge in [-0.15, -0.1) is 0 Å². The Hall–Kier alpha value is -0.830. The molecule has 0 fully saturated rings. The van der Waals surface area contributed by atoms with E-state index in [1.54, 1.807) is 6.21 Å². The van der Waals surface area contributed by atoms with Crippen molar-refractivity contribution in [3.8, 4) is 5.75 Å². The standard InChI is InChI=1S/C15H14I2N2O/c16-12-8-11(15(20)14(17)9-12)10-18-6-7-19-13-4-2-1-3-5-13/h1-5,8-10,19-20H,6-7H2. The molecule has 0 saturated carbocycles. The van der Waals surface area contributed by atoms with Crippen molar-refractivity contribution in [2.75, 3.05) is 18.4 Å². The zero-order chi connectivity index (χ0) is 14.4. The van der Waals surface area contributed by atoms with Crippen LogP contribution in [-0.4, -0.2) is 24.4 Å². The van der Waals surface area contributed by atoms with Gasteiger partial charge in [-0.3, -0.25) is 4.99 Å². The van der Waals surface area contributed by atoms with Gasteiger partial charge in [0.15, 0.2) is 0 Å². The molecule has 2 aromatic rings. The van der Waals surface area contributed by atoms with Gasteiger partial charge in [-0.1, -0.05) is 18.2 Å². The molecule has 3 nitrogen and oxygen atoms in total. The van der Waals surface area contributed by atoms with E-state index in [0.717, 1.165) is 24.9 Å². The summed E-state index contributed by atoms with van der Waals surface area (Å²) >= 11 is 4.36. The highest BCUT2D eigenvalue weighted by molar-refractivity contribution is 14.1. The summed E-state index contributed by atoms with van der Waals surface area (Å²) in [6, 6.07) is 13.9. The fourth-order valence-corrected chi connectivity index (χ4v) is 3.56. The van der Waals surface area contributed by atoms with Gasteiger partial charge in [-0.05, 0) is 69.4 Å². The van der Waals surface area contributed by atoms with E-state index in [-0.39, 0.29) is 0 Å². The number of phenols is 1. The third-order valence-electron chi connectivity index (χ3n) is 2.63. The van der Waals surface area contributed by atoms with Crippen molar-refractivity contribution >= 4 is 57.1 Å². The first kappa shape index (κ1) is 15.6. The van der Waals surface area contributed by atoms with Gasteiger partial charge in [0.05, 0.1) is 10.1 Å². The third kappa shape index (κ3) is 4.62. The van der Waals surface area contributed by atoms with E-state index in [1.807, 2.05) is 42.5 Å². The summed E-state index contributed by atoms with van der Waals surface area (Å²) in [6.45, 7) is 1.43. The predicted molar refractivity (Wildman–Crippen MR) is 101 cm³/mol. The van der Waals surface area contributed by atoms with Crippen LogP contribution in [0.25, 0.3) is 0 Å². The number of rotatable bonds is 5. The number of aliphatic imine (C=N–C) groups is 1. The quantitative estimate of drug-likeness (QED) is 0.375. The lowest BCUT2D eigenvalue weighted by Crippen LogP contribution is -2.04. The van der Waals surface area contributed by atoms with Crippen molar-refractivity contribution in [2.45, 2.75) is 0 Å². The van der Waals surface area contributed by atoms with Crippen LogP contribution in [0.1, 0.15) is 5.56 Å². The molecule has 0 radical (unpaired) electrons. The average Bonchev–Trinajstić information content (AvgIpc) is 2.44. The summed E-state index contributed by atoms with van der Waals surface area (Å²) in [6.07, 6.45) is 1.73. The van der Waals surface area contributed by atoms with Gasteiger partial charge in [0.1, 0.15) is 5.75 Å². The number of hydrogen-bond acceptors (Lipinski definition) is 3. The van der Waals surface area contributed by atoms with Crippen molar-refractivity contribution < 1.29 is 5.11 Å². The highest BCUT2D eigenvalue weighted by atomic mass is 127. The minimum atomic E-state index is 0.297. The normalized spacial score (nSPS) is 10.9. The minimum absolute atomic E-state index is 0.297. The molecular weight excluding hydrogens is 478 g/mol. The second-order valence-electron chi connectivity index (χ2n) is 4.15. The Morgan fingerprint density at radius 2 is 1.90 bits per heavy atom. The van der Waals surface area contributed by atoms with Gasteiger partial charge in [-0.25, -0.2) is 0 Å². The Morgan fingerprint density at radius 1 is 1.15 bits per heavy atom. The maximum atomic E-state index is 9.94. The average molecular weight is 492 g/mol. The van der Waals surface area contributed by atoms with E-state index in [1.165, 1.54) is 0 Å². The van der Waals surface area contributed by atoms with Crippen LogP contribution in [0.15, 0.2) is 47.5 Å². The fourth-order valence-electron chi connectivity index (χ4n) is 1.67. The Morgan fingerprint density at radius 3 is 2.65 bits per heavy atom. The molecule has 0 unspecified atom stereocenters. The van der Waals surface area contributed by atoms with E-state index < -0.39 is 0 Å². The van der Waals surface area contributed by atoms with Crippen LogP contribution in [0, 0.1) is 7.14 Å². The lowest BCUT2D eigenvalue weighted by Gasteiger charge is -2.04. The molecule has 0 aromatic heterocycles. The summed E-state index contributed by atoms with van der Waals surface area (Å²) in [4.78, 5) is 4.35. The van der Waals surface area contributed by atoms with Gasteiger partial charge in [-0.2, -0.15) is 0 Å². The lowest BCUT2D eigenvalue weighted by molar-refractivity contribution is 0.470. The van der Waals surface area contributed by atoms with Gasteiger partial charge < -0.3 is 10.4 Å². The fraction of sp³-hybridized carbons (Fsp3) is 0.133. The summed E-state index contributed by atoms with van der Waals surface area (Å²) in [5, 5.41) is 13.2. The molecule has 104 valence electrons. The first-order valence-electron chi connectivity index (χ1n) is 6.13. The molecule has 0 saturated heterocycles. The van der Waals surface area contributed by atoms with Gasteiger partial charge >= 0.3 is 0 Å². The predicted octanol–water partition coefficient (Wildman–Crippen LogP) is 4.13. The zero-order valence-electron chi connectivity index (χ0n) is 10.7. The molecule has 0 heterocycles. The zero-order valence-corrected chi connectivity index (χ0v) is 15.0. The van der Waals surface area contributed by atoms with Crippen LogP contribution < -0.4 is 5.32 Å². The van der Waals surface area contributed by atoms with E-state index >= 15 is 0 Å². The van der Waals surface area contributed by atoms with Gasteiger partial charge in [0, 0.05) is 27.6 Å². The maximum Gasteiger partial charge on any atom is 0.137 e. The molecule has 0 amide bonds. The Kier molecular flexibility index (Phi) is 6.08. The number of nitrogens with one attached hydrogen (secondary N) is 1. The summed E-state index contributed by atoms with van der Waals surface area (Å²) in [7, 11) is 0. The lowest BCUT2D eigenvalue weighted by atomic mass is 10.2. The number of nitrogens with zero attached hydrogens (tertiary/aromatic N) is 1. The summed E-state index contributed by atoms with van der Waals surface area (Å²) in [5.41, 5.74) is 1.86. The molecule has 0 spiro atoms. The number of anilines is 1.